The van der Waals surface area contributed by atoms with Crippen molar-refractivity contribution in [1.82, 2.24) is 9.80 Å². The lowest BCUT2D eigenvalue weighted by atomic mass is 10.3. The Morgan fingerprint density at radius 2 is 1.39 bits per heavy atom. The molecule has 18 heavy (non-hydrogen) atoms. The molecule has 0 saturated carbocycles. The molecule has 0 atom stereocenters. The van der Waals surface area contributed by atoms with Crippen molar-refractivity contribution < 1.29 is 4.79 Å². The molecule has 0 spiro atoms. The highest BCUT2D eigenvalue weighted by atomic mass is 16.2. The van der Waals surface area contributed by atoms with E-state index in [1.54, 1.807) is 19.0 Å². The summed E-state index contributed by atoms with van der Waals surface area (Å²) in [6.45, 7) is 12.8. The van der Waals surface area contributed by atoms with Crippen molar-refractivity contribution in [2.75, 3.05) is 34.2 Å². The van der Waals surface area contributed by atoms with E-state index >= 15 is 0 Å². The van der Waals surface area contributed by atoms with Gasteiger partial charge in [-0.3, -0.25) is 4.79 Å². The summed E-state index contributed by atoms with van der Waals surface area (Å²) in [7, 11) is 5.71. The molecule has 0 aliphatic carbocycles. The van der Waals surface area contributed by atoms with E-state index < -0.39 is 0 Å². The minimum absolute atomic E-state index is 0.181. The maximum absolute atomic E-state index is 10.4. The van der Waals surface area contributed by atoms with E-state index in [2.05, 4.69) is 25.8 Å². The number of hydrogen-bond donors (Lipinski definition) is 0. The van der Waals surface area contributed by atoms with Gasteiger partial charge >= 0.3 is 0 Å². The summed E-state index contributed by atoms with van der Waals surface area (Å²) in [5.41, 5.74) is 0. The van der Waals surface area contributed by atoms with Crippen LogP contribution >= 0.6 is 0 Å². The molecular weight excluding hydrogens is 224 g/mol. The van der Waals surface area contributed by atoms with Crippen molar-refractivity contribution in [3.05, 3.63) is 0 Å². The number of nitrogens with zero attached hydrogens (tertiary/aromatic N) is 2. The molecule has 0 aromatic rings. The van der Waals surface area contributed by atoms with Crippen LogP contribution in [0.5, 0.6) is 0 Å². The zero-order valence-electron chi connectivity index (χ0n) is 14.0. The largest absolute Gasteiger partial charge is 0.349 e. The molecule has 0 saturated heterocycles. The lowest BCUT2D eigenvalue weighted by Gasteiger charge is -2.13. The molecule has 0 fully saturated rings. The number of hydrogen-bond acceptors (Lipinski definition) is 2. The van der Waals surface area contributed by atoms with Gasteiger partial charge in [-0.15, -0.1) is 0 Å². The Hall–Kier alpha value is -0.570. The van der Waals surface area contributed by atoms with Crippen LogP contribution in [0, 0.1) is 0 Å². The third-order valence-electron chi connectivity index (χ3n) is 2.30. The molecule has 3 heteroatoms. The van der Waals surface area contributed by atoms with E-state index in [1.807, 2.05) is 20.8 Å². The molecule has 1 amide bonds. The molecular formula is C15H36N2O. The summed E-state index contributed by atoms with van der Waals surface area (Å²) in [5, 5.41) is 0. The third-order valence-corrected chi connectivity index (χ3v) is 2.30. The molecule has 0 heterocycles. The van der Waals surface area contributed by atoms with Gasteiger partial charge in [0.15, 0.2) is 0 Å². The summed E-state index contributed by atoms with van der Waals surface area (Å²) in [5.74, 6) is 0.181. The maximum Gasteiger partial charge on any atom is 0.221 e. The first-order valence-corrected chi connectivity index (χ1v) is 7.38. The quantitative estimate of drug-likeness (QED) is 0.728. The number of carbonyl (C=O) groups is 1. The van der Waals surface area contributed by atoms with Gasteiger partial charge in [-0.25, -0.2) is 0 Å². The van der Waals surface area contributed by atoms with Crippen molar-refractivity contribution >= 4 is 5.91 Å². The normalized spacial score (nSPS) is 8.94. The van der Waals surface area contributed by atoms with Gasteiger partial charge in [-0.2, -0.15) is 0 Å². The Balaban J connectivity index is -0.000000225. The van der Waals surface area contributed by atoms with Crippen molar-refractivity contribution in [3.8, 4) is 0 Å². The Morgan fingerprint density at radius 1 is 0.889 bits per heavy atom. The number of amides is 1. The summed E-state index contributed by atoms with van der Waals surface area (Å²) in [4.78, 5) is 14.4. The first-order valence-electron chi connectivity index (χ1n) is 7.38. The van der Waals surface area contributed by atoms with E-state index in [4.69, 9.17) is 0 Å². The monoisotopic (exact) mass is 260 g/mol. The number of carbonyl (C=O) groups excluding carboxylic acids is 1. The van der Waals surface area contributed by atoms with Crippen LogP contribution in [0.25, 0.3) is 0 Å². The molecule has 0 aromatic heterocycles. The first kappa shape index (κ1) is 22.6. The van der Waals surface area contributed by atoms with Crippen LogP contribution < -0.4 is 0 Å². The fourth-order valence-corrected chi connectivity index (χ4v) is 1.24. The van der Waals surface area contributed by atoms with E-state index in [0.717, 1.165) is 0 Å². The minimum Gasteiger partial charge on any atom is -0.349 e. The van der Waals surface area contributed by atoms with E-state index in [0.29, 0.717) is 6.42 Å². The van der Waals surface area contributed by atoms with Gasteiger partial charge in [-0.05, 0) is 33.0 Å². The zero-order chi connectivity index (χ0) is 15.0. The van der Waals surface area contributed by atoms with Crippen LogP contribution in [0.15, 0.2) is 0 Å². The van der Waals surface area contributed by atoms with Crippen LogP contribution in [0.4, 0.5) is 0 Å². The van der Waals surface area contributed by atoms with Crippen LogP contribution in [-0.2, 0) is 4.79 Å². The van der Waals surface area contributed by atoms with Gasteiger partial charge < -0.3 is 9.80 Å². The fraction of sp³-hybridized carbons (Fsp3) is 0.933. The van der Waals surface area contributed by atoms with Gasteiger partial charge in [0.1, 0.15) is 0 Å². The Kier molecular flexibility index (Phi) is 23.6. The third kappa shape index (κ3) is 20.8. The molecule has 0 rings (SSSR count). The highest BCUT2D eigenvalue weighted by molar-refractivity contribution is 5.75. The smallest absolute Gasteiger partial charge is 0.221 e. The molecule has 0 N–H and O–H groups in total. The maximum atomic E-state index is 10.4. The lowest BCUT2D eigenvalue weighted by Crippen LogP contribution is -2.19. The summed E-state index contributed by atoms with van der Waals surface area (Å²) < 4.78 is 0. The van der Waals surface area contributed by atoms with Crippen molar-refractivity contribution in [2.24, 2.45) is 0 Å². The van der Waals surface area contributed by atoms with Gasteiger partial charge in [0, 0.05) is 20.5 Å². The first-order chi connectivity index (χ1) is 8.49. The second kappa shape index (κ2) is 18.8. The zero-order valence-corrected chi connectivity index (χ0v) is 14.0. The lowest BCUT2D eigenvalue weighted by molar-refractivity contribution is -0.128. The summed E-state index contributed by atoms with van der Waals surface area (Å²) in [6.07, 6.45) is 4.54. The molecule has 3 nitrogen and oxygen atoms in total. The van der Waals surface area contributed by atoms with Gasteiger partial charge in [-0.1, -0.05) is 41.0 Å². The van der Waals surface area contributed by atoms with E-state index in [9.17, 15) is 4.79 Å². The highest BCUT2D eigenvalue weighted by Crippen LogP contribution is 1.91. The molecule has 0 aromatic carbocycles. The van der Waals surface area contributed by atoms with Gasteiger partial charge in [0.25, 0.3) is 0 Å². The van der Waals surface area contributed by atoms with Crippen LogP contribution in [0.3, 0.4) is 0 Å². The molecule has 0 unspecified atom stereocenters. The van der Waals surface area contributed by atoms with Crippen molar-refractivity contribution in [1.29, 1.82) is 0 Å². The molecule has 0 radical (unpaired) electrons. The molecule has 0 aliphatic heterocycles. The predicted molar refractivity (Wildman–Crippen MR) is 83.0 cm³/mol. The Bertz CT molecular complexity index is 159. The summed E-state index contributed by atoms with van der Waals surface area (Å²) in [6, 6.07) is 0. The minimum atomic E-state index is 0.181. The van der Waals surface area contributed by atoms with Gasteiger partial charge in [0.2, 0.25) is 5.91 Å². The molecule has 112 valence electrons. The van der Waals surface area contributed by atoms with Crippen molar-refractivity contribution in [2.45, 2.75) is 60.3 Å². The highest BCUT2D eigenvalue weighted by Gasteiger charge is 1.95. The second-order valence-electron chi connectivity index (χ2n) is 4.30. The molecule has 0 bridgehead atoms. The Morgan fingerprint density at radius 3 is 1.61 bits per heavy atom. The van der Waals surface area contributed by atoms with E-state index in [1.165, 1.54) is 32.4 Å². The van der Waals surface area contributed by atoms with Gasteiger partial charge in [0.05, 0.1) is 0 Å². The van der Waals surface area contributed by atoms with E-state index in [-0.39, 0.29) is 5.91 Å². The Labute approximate surface area is 116 Å². The van der Waals surface area contributed by atoms with Crippen LogP contribution in [-0.4, -0.2) is 49.9 Å². The number of unbranched alkanes of at least 4 members (excludes halogenated alkanes) is 1. The predicted octanol–water partition coefficient (Wildman–Crippen LogP) is 3.64. The number of rotatable bonds is 6. The average Bonchev–Trinajstić information content (AvgIpc) is 2.38. The summed E-state index contributed by atoms with van der Waals surface area (Å²) >= 11 is 0. The van der Waals surface area contributed by atoms with Crippen LogP contribution in [0.2, 0.25) is 0 Å². The fourth-order valence-electron chi connectivity index (χ4n) is 1.24. The van der Waals surface area contributed by atoms with Crippen molar-refractivity contribution in [3.63, 3.8) is 0 Å². The molecule has 0 aliphatic rings. The standard InChI is InChI=1S/C8H19N.C5H11NO.C2H6/c1-4-6-8-9(3)7-5-2;1-4-5(7)6(2)3;1-2/h4-8H2,1-3H3;4H2,1-3H3;1-2H3. The average molecular weight is 260 g/mol. The van der Waals surface area contributed by atoms with Crippen LogP contribution in [0.1, 0.15) is 60.3 Å². The SMILES string of the molecule is CC.CCC(=O)N(C)C.CCCCN(C)CCC. The topological polar surface area (TPSA) is 23.6 Å². The second-order valence-corrected chi connectivity index (χ2v) is 4.30.